The highest BCUT2D eigenvalue weighted by Crippen LogP contribution is 2.26. The molecule has 1 aromatic heterocycles. The molecule has 0 atom stereocenters. The maximum atomic E-state index is 13.4. The van der Waals surface area contributed by atoms with E-state index in [9.17, 15) is 19.2 Å². The normalized spacial score (nSPS) is 10.3. The maximum absolute atomic E-state index is 13.4. The molecule has 4 rings (SSSR count). The Morgan fingerprint density at radius 1 is 0.953 bits per heavy atom. The Bertz CT molecular complexity index is 1630. The van der Waals surface area contributed by atoms with Gasteiger partial charge < -0.3 is 21.1 Å². The summed E-state index contributed by atoms with van der Waals surface area (Å²) in [4.78, 5) is 56.3. The number of carbonyl (C=O) groups is 4. The second-order valence-corrected chi connectivity index (χ2v) is 9.22. The first kappa shape index (κ1) is 32.2. The summed E-state index contributed by atoms with van der Waals surface area (Å²) in [5.74, 6) is -1.91. The Kier molecular flexibility index (Phi) is 11.3. The van der Waals surface area contributed by atoms with Gasteiger partial charge in [-0.05, 0) is 53.6 Å². The first-order chi connectivity index (χ1) is 20.3. The first-order valence-corrected chi connectivity index (χ1v) is 13.2. The molecule has 0 radical (unpaired) electrons. The number of nitrogens with one attached hydrogen (secondary N) is 3. The van der Waals surface area contributed by atoms with Gasteiger partial charge in [0.2, 0.25) is 5.91 Å². The summed E-state index contributed by atoms with van der Waals surface area (Å²) in [5, 5.41) is 14.2. The van der Waals surface area contributed by atoms with E-state index >= 15 is 0 Å². The molecule has 3 amide bonds. The van der Waals surface area contributed by atoms with Crippen LogP contribution in [-0.4, -0.2) is 54.2 Å². The standard InChI is InChI=1S/C31H30N6O5.ClH/c1-2-42-28(39)18-35-27(38)19-37(31(41)23-6-4-14-34-17-23)24-12-13-25-22(15-24)5-3-7-26(25)30(40)36-16-20-8-10-21(11-9-20)29(32)33;/h3-15,17H,2,16,18-19H2,1H3,(H3,32,33)(H,35,38)(H,36,40);1H. The molecule has 0 aliphatic heterocycles. The van der Waals surface area contributed by atoms with Crippen molar-refractivity contribution >= 4 is 58.4 Å². The van der Waals surface area contributed by atoms with Crippen LogP contribution in [0.4, 0.5) is 5.69 Å². The highest BCUT2D eigenvalue weighted by molar-refractivity contribution is 6.11. The Morgan fingerprint density at radius 3 is 2.40 bits per heavy atom. The molecule has 0 bridgehead atoms. The molecule has 12 heteroatoms. The monoisotopic (exact) mass is 602 g/mol. The summed E-state index contributed by atoms with van der Waals surface area (Å²) in [6.07, 6.45) is 2.94. The number of hydrogen-bond acceptors (Lipinski definition) is 7. The van der Waals surface area contributed by atoms with Crippen molar-refractivity contribution in [1.29, 1.82) is 5.41 Å². The number of hydrogen-bond donors (Lipinski definition) is 4. The number of ether oxygens (including phenoxy) is 1. The molecule has 5 N–H and O–H groups in total. The van der Waals surface area contributed by atoms with E-state index in [1.165, 1.54) is 17.3 Å². The van der Waals surface area contributed by atoms with E-state index in [4.69, 9.17) is 15.9 Å². The zero-order valence-electron chi connectivity index (χ0n) is 23.3. The van der Waals surface area contributed by atoms with Crippen LogP contribution in [0.2, 0.25) is 0 Å². The van der Waals surface area contributed by atoms with Crippen molar-refractivity contribution in [2.24, 2.45) is 5.73 Å². The highest BCUT2D eigenvalue weighted by Gasteiger charge is 2.22. The molecular formula is C31H31ClN6O5. The number of nitrogen functional groups attached to an aromatic ring is 1. The third-order valence-corrected chi connectivity index (χ3v) is 6.33. The first-order valence-electron chi connectivity index (χ1n) is 13.2. The molecule has 1 heterocycles. The summed E-state index contributed by atoms with van der Waals surface area (Å²) in [6, 6.07) is 20.6. The lowest BCUT2D eigenvalue weighted by atomic mass is 10.0. The van der Waals surface area contributed by atoms with Crippen molar-refractivity contribution in [2.75, 3.05) is 24.6 Å². The molecule has 4 aromatic rings. The predicted octanol–water partition coefficient (Wildman–Crippen LogP) is 3.20. The maximum Gasteiger partial charge on any atom is 0.325 e. The van der Waals surface area contributed by atoms with Crippen LogP contribution in [0.25, 0.3) is 10.8 Å². The molecule has 3 aromatic carbocycles. The highest BCUT2D eigenvalue weighted by atomic mass is 35.5. The fraction of sp³-hybridized carbons (Fsp3) is 0.161. The SMILES string of the molecule is CCOC(=O)CNC(=O)CN(C(=O)c1cccnc1)c1ccc2c(C(=O)NCc3ccc(C(=N)N)cc3)cccc2c1.Cl. The molecule has 0 saturated heterocycles. The number of amides is 3. The van der Waals surface area contributed by atoms with Gasteiger partial charge in [-0.25, -0.2) is 0 Å². The average molecular weight is 603 g/mol. The summed E-state index contributed by atoms with van der Waals surface area (Å²) < 4.78 is 4.85. The van der Waals surface area contributed by atoms with Gasteiger partial charge in [0.05, 0.1) is 12.2 Å². The van der Waals surface area contributed by atoms with Crippen LogP contribution in [-0.2, 0) is 20.9 Å². The third kappa shape index (κ3) is 8.37. The van der Waals surface area contributed by atoms with Gasteiger partial charge >= 0.3 is 5.97 Å². The van der Waals surface area contributed by atoms with E-state index in [2.05, 4.69) is 15.6 Å². The number of fused-ring (bicyclic) bond motifs is 1. The van der Waals surface area contributed by atoms with Gasteiger partial charge in [-0.2, -0.15) is 0 Å². The molecule has 0 aliphatic rings. The van der Waals surface area contributed by atoms with Crippen molar-refractivity contribution in [1.82, 2.24) is 15.6 Å². The summed E-state index contributed by atoms with van der Waals surface area (Å²) >= 11 is 0. The fourth-order valence-electron chi connectivity index (χ4n) is 4.22. The quantitative estimate of drug-likeness (QED) is 0.116. The predicted molar refractivity (Wildman–Crippen MR) is 165 cm³/mol. The largest absolute Gasteiger partial charge is 0.465 e. The van der Waals surface area contributed by atoms with Gasteiger partial charge in [-0.1, -0.05) is 42.5 Å². The van der Waals surface area contributed by atoms with E-state index < -0.39 is 17.8 Å². The second-order valence-electron chi connectivity index (χ2n) is 9.22. The number of esters is 1. The van der Waals surface area contributed by atoms with Crippen molar-refractivity contribution in [3.05, 3.63) is 107 Å². The summed E-state index contributed by atoms with van der Waals surface area (Å²) in [6.45, 7) is 1.45. The minimum atomic E-state index is -0.583. The lowest BCUT2D eigenvalue weighted by Gasteiger charge is -2.23. The lowest BCUT2D eigenvalue weighted by Crippen LogP contribution is -2.42. The Hall–Kier alpha value is -5.29. The molecular weight excluding hydrogens is 572 g/mol. The summed E-state index contributed by atoms with van der Waals surface area (Å²) in [5.41, 5.74) is 8.09. The van der Waals surface area contributed by atoms with E-state index in [0.29, 0.717) is 27.6 Å². The Morgan fingerprint density at radius 2 is 1.72 bits per heavy atom. The zero-order chi connectivity index (χ0) is 30.1. The van der Waals surface area contributed by atoms with Gasteiger partial charge in [0.25, 0.3) is 11.8 Å². The molecule has 222 valence electrons. The number of anilines is 1. The van der Waals surface area contributed by atoms with Crippen LogP contribution in [0.5, 0.6) is 0 Å². The van der Waals surface area contributed by atoms with Crippen LogP contribution >= 0.6 is 12.4 Å². The minimum absolute atomic E-state index is 0. The van der Waals surface area contributed by atoms with Crippen molar-refractivity contribution in [2.45, 2.75) is 13.5 Å². The van der Waals surface area contributed by atoms with E-state index in [1.54, 1.807) is 73.7 Å². The number of aromatic nitrogens is 1. The number of rotatable bonds is 11. The van der Waals surface area contributed by atoms with Gasteiger partial charge in [0, 0.05) is 35.8 Å². The second kappa shape index (κ2) is 15.1. The van der Waals surface area contributed by atoms with Crippen molar-refractivity contribution < 1.29 is 23.9 Å². The zero-order valence-corrected chi connectivity index (χ0v) is 24.1. The van der Waals surface area contributed by atoms with Crippen LogP contribution in [0.1, 0.15) is 38.8 Å². The number of amidine groups is 1. The molecule has 0 unspecified atom stereocenters. The smallest absolute Gasteiger partial charge is 0.325 e. The lowest BCUT2D eigenvalue weighted by molar-refractivity contribution is -0.143. The molecule has 11 nitrogen and oxygen atoms in total. The van der Waals surface area contributed by atoms with Gasteiger partial charge in [0.15, 0.2) is 0 Å². The van der Waals surface area contributed by atoms with E-state index in [-0.39, 0.29) is 56.0 Å². The Labute approximate surface area is 254 Å². The van der Waals surface area contributed by atoms with Crippen molar-refractivity contribution in [3.63, 3.8) is 0 Å². The minimum Gasteiger partial charge on any atom is -0.465 e. The molecule has 0 saturated carbocycles. The molecule has 0 spiro atoms. The molecule has 0 fully saturated rings. The average Bonchev–Trinajstić information content (AvgIpc) is 3.01. The third-order valence-electron chi connectivity index (χ3n) is 6.33. The van der Waals surface area contributed by atoms with Gasteiger partial charge in [-0.3, -0.25) is 34.5 Å². The Balaban J connectivity index is 0.00000506. The van der Waals surface area contributed by atoms with Crippen LogP contribution in [0.3, 0.4) is 0 Å². The van der Waals surface area contributed by atoms with Gasteiger partial charge in [-0.15, -0.1) is 12.4 Å². The molecule has 43 heavy (non-hydrogen) atoms. The van der Waals surface area contributed by atoms with Gasteiger partial charge in [0.1, 0.15) is 18.9 Å². The number of benzene rings is 3. The number of nitrogens with two attached hydrogens (primary N) is 1. The summed E-state index contributed by atoms with van der Waals surface area (Å²) in [7, 11) is 0. The molecule has 0 aliphatic carbocycles. The fourth-order valence-corrected chi connectivity index (χ4v) is 4.22. The van der Waals surface area contributed by atoms with Crippen molar-refractivity contribution in [3.8, 4) is 0 Å². The van der Waals surface area contributed by atoms with Crippen LogP contribution in [0, 0.1) is 5.41 Å². The van der Waals surface area contributed by atoms with E-state index in [1.807, 2.05) is 6.07 Å². The number of nitrogens with zero attached hydrogens (tertiary/aromatic N) is 2. The number of halogens is 1. The van der Waals surface area contributed by atoms with E-state index in [0.717, 1.165) is 5.56 Å². The number of carbonyl (C=O) groups excluding carboxylic acids is 4. The van der Waals surface area contributed by atoms with Crippen LogP contribution < -0.4 is 21.3 Å². The van der Waals surface area contributed by atoms with Crippen LogP contribution in [0.15, 0.2) is 85.2 Å². The number of pyridine rings is 1. The topological polar surface area (TPSA) is 168 Å².